The third-order valence-electron chi connectivity index (χ3n) is 3.12. The summed E-state index contributed by atoms with van der Waals surface area (Å²) >= 11 is 6.03. The van der Waals surface area contributed by atoms with Gasteiger partial charge in [-0.1, -0.05) is 17.7 Å². The predicted molar refractivity (Wildman–Crippen MR) is 87.6 cm³/mol. The van der Waals surface area contributed by atoms with Crippen LogP contribution in [0.5, 0.6) is 0 Å². The highest BCUT2D eigenvalue weighted by Gasteiger charge is 2.11. The van der Waals surface area contributed by atoms with Gasteiger partial charge < -0.3 is 11.1 Å². The molecule has 3 N–H and O–H groups in total. The van der Waals surface area contributed by atoms with Gasteiger partial charge in [-0.25, -0.2) is 0 Å². The second-order valence-corrected chi connectivity index (χ2v) is 6.62. The number of rotatable bonds is 5. The van der Waals surface area contributed by atoms with Crippen molar-refractivity contribution in [1.29, 1.82) is 0 Å². The molecule has 0 aliphatic rings. The van der Waals surface area contributed by atoms with Crippen LogP contribution in [-0.2, 0) is 21.4 Å². The van der Waals surface area contributed by atoms with E-state index < -0.39 is 15.1 Å². The van der Waals surface area contributed by atoms with Crippen molar-refractivity contribution in [1.82, 2.24) is 0 Å². The van der Waals surface area contributed by atoms with Crippen molar-refractivity contribution in [2.24, 2.45) is 0 Å². The van der Waals surface area contributed by atoms with Crippen molar-refractivity contribution in [2.45, 2.75) is 17.7 Å². The van der Waals surface area contributed by atoms with E-state index in [1.165, 1.54) is 12.1 Å². The van der Waals surface area contributed by atoms with E-state index in [2.05, 4.69) is 5.32 Å². The normalized spacial score (nSPS) is 11.2. The van der Waals surface area contributed by atoms with Gasteiger partial charge in [-0.3, -0.25) is 4.79 Å². The number of carbonyl (C=O) groups excluding carboxylic acids is 1. The Balaban J connectivity index is 1.94. The molecule has 2 aromatic rings. The number of hydrogen-bond acceptors (Lipinski definition) is 4. The van der Waals surface area contributed by atoms with Gasteiger partial charge in [0.05, 0.1) is 4.90 Å². The van der Waals surface area contributed by atoms with Gasteiger partial charge in [-0.2, -0.15) is 8.42 Å². The molecule has 0 saturated carbocycles. The van der Waals surface area contributed by atoms with E-state index >= 15 is 0 Å². The molecule has 5 nitrogen and oxygen atoms in total. The Morgan fingerprint density at radius 2 is 1.83 bits per heavy atom. The monoisotopic (exact) mass is 356 g/mol. The smallest absolute Gasteiger partial charge is 0.332 e. The molecule has 0 spiro atoms. The van der Waals surface area contributed by atoms with Crippen LogP contribution in [0.15, 0.2) is 47.4 Å². The van der Waals surface area contributed by atoms with Gasteiger partial charge in [0.15, 0.2) is 0 Å². The summed E-state index contributed by atoms with van der Waals surface area (Å²) < 4.78 is 34.2. The minimum absolute atomic E-state index is 0.187. The highest BCUT2D eigenvalue weighted by Crippen LogP contribution is 2.21. The molecule has 0 unspecified atom stereocenters. The van der Waals surface area contributed by atoms with Crippen molar-refractivity contribution in [2.75, 3.05) is 11.1 Å². The van der Waals surface area contributed by atoms with Crippen LogP contribution in [0.2, 0.25) is 5.02 Å². The third kappa shape index (κ3) is 4.94. The van der Waals surface area contributed by atoms with Crippen molar-refractivity contribution in [3.63, 3.8) is 0 Å². The minimum Gasteiger partial charge on any atom is -0.399 e. The largest absolute Gasteiger partial charge is 0.399 e. The van der Waals surface area contributed by atoms with Gasteiger partial charge in [0, 0.05) is 22.8 Å². The molecule has 23 heavy (non-hydrogen) atoms. The fraction of sp³-hybridized carbons (Fsp3) is 0.133. The van der Waals surface area contributed by atoms with E-state index in [1.54, 1.807) is 18.2 Å². The molecule has 122 valence electrons. The van der Waals surface area contributed by atoms with E-state index in [0.29, 0.717) is 22.8 Å². The predicted octanol–water partition coefficient (Wildman–Crippen LogP) is 3.15. The Morgan fingerprint density at radius 3 is 2.39 bits per heavy atom. The molecule has 0 heterocycles. The van der Waals surface area contributed by atoms with Crippen LogP contribution in [0, 0.1) is 0 Å². The zero-order chi connectivity index (χ0) is 17.0. The molecule has 0 fully saturated rings. The van der Waals surface area contributed by atoms with Crippen LogP contribution in [-0.4, -0.2) is 14.3 Å². The summed E-state index contributed by atoms with van der Waals surface area (Å²) in [4.78, 5) is 11.4. The number of nitrogen functional groups attached to an aromatic ring is 1. The molecule has 2 rings (SSSR count). The average molecular weight is 357 g/mol. The quantitative estimate of drug-likeness (QED) is 0.636. The number of halogens is 2. The lowest BCUT2D eigenvalue weighted by molar-refractivity contribution is -0.116. The second kappa shape index (κ2) is 6.97. The average Bonchev–Trinajstić information content (AvgIpc) is 2.46. The first-order chi connectivity index (χ1) is 10.8. The van der Waals surface area contributed by atoms with E-state index in [1.807, 2.05) is 0 Å². The van der Waals surface area contributed by atoms with Gasteiger partial charge in [-0.15, -0.1) is 3.89 Å². The summed E-state index contributed by atoms with van der Waals surface area (Å²) in [5.74, 6) is -0.270. The Labute approximate surface area is 138 Å². The minimum atomic E-state index is -4.74. The first-order valence-electron chi connectivity index (χ1n) is 6.64. The summed E-state index contributed by atoms with van der Waals surface area (Å²) in [6, 6.07) is 9.89. The zero-order valence-corrected chi connectivity index (χ0v) is 13.5. The van der Waals surface area contributed by atoms with Crippen LogP contribution in [0.1, 0.15) is 12.0 Å². The standard InChI is InChI=1S/C15H14ClFN2O3S/c16-14-9-11(18)3-1-10(14)2-8-15(20)19-12-4-6-13(7-5-12)23(17,21)22/h1,3-7,9H,2,8,18H2,(H,19,20). The molecule has 1 amide bonds. The van der Waals surface area contributed by atoms with E-state index in [-0.39, 0.29) is 12.3 Å². The maximum atomic E-state index is 12.8. The molecular weight excluding hydrogens is 343 g/mol. The number of carbonyl (C=O) groups is 1. The fourth-order valence-electron chi connectivity index (χ4n) is 1.94. The zero-order valence-electron chi connectivity index (χ0n) is 11.9. The summed E-state index contributed by atoms with van der Waals surface area (Å²) in [7, 11) is -4.74. The summed E-state index contributed by atoms with van der Waals surface area (Å²) in [5, 5.41) is 3.09. The molecule has 8 heteroatoms. The molecule has 0 atom stereocenters. The van der Waals surface area contributed by atoms with Gasteiger partial charge in [0.25, 0.3) is 0 Å². The topological polar surface area (TPSA) is 89.3 Å². The number of anilines is 2. The summed E-state index contributed by atoms with van der Waals surface area (Å²) in [5.41, 5.74) is 7.32. The van der Waals surface area contributed by atoms with Gasteiger partial charge >= 0.3 is 10.2 Å². The maximum absolute atomic E-state index is 12.8. The van der Waals surface area contributed by atoms with Crippen LogP contribution in [0.3, 0.4) is 0 Å². The highest BCUT2D eigenvalue weighted by molar-refractivity contribution is 7.86. The van der Waals surface area contributed by atoms with Gasteiger partial charge in [0.2, 0.25) is 5.91 Å². The summed E-state index contributed by atoms with van der Waals surface area (Å²) in [6.07, 6.45) is 0.620. The Bertz CT molecular complexity index is 823. The molecule has 0 bridgehead atoms. The van der Waals surface area contributed by atoms with Crippen molar-refractivity contribution < 1.29 is 17.1 Å². The SMILES string of the molecule is Nc1ccc(CCC(=O)Nc2ccc(S(=O)(=O)F)cc2)c(Cl)c1. The number of hydrogen-bond donors (Lipinski definition) is 2. The molecule has 0 aliphatic carbocycles. The van der Waals surface area contributed by atoms with Crippen LogP contribution >= 0.6 is 11.6 Å². The first-order valence-corrected chi connectivity index (χ1v) is 8.40. The number of amides is 1. The van der Waals surface area contributed by atoms with Crippen LogP contribution in [0.25, 0.3) is 0 Å². The van der Waals surface area contributed by atoms with Crippen LogP contribution < -0.4 is 11.1 Å². The lowest BCUT2D eigenvalue weighted by atomic mass is 10.1. The number of nitrogens with two attached hydrogens (primary N) is 1. The molecule has 0 saturated heterocycles. The Kier molecular flexibility index (Phi) is 5.23. The van der Waals surface area contributed by atoms with Crippen molar-refractivity contribution in [3.8, 4) is 0 Å². The number of benzene rings is 2. The lowest BCUT2D eigenvalue weighted by Crippen LogP contribution is -2.12. The van der Waals surface area contributed by atoms with E-state index in [0.717, 1.165) is 17.7 Å². The molecule has 0 radical (unpaired) electrons. The number of aryl methyl sites for hydroxylation is 1. The van der Waals surface area contributed by atoms with E-state index in [4.69, 9.17) is 17.3 Å². The van der Waals surface area contributed by atoms with E-state index in [9.17, 15) is 17.1 Å². The summed E-state index contributed by atoms with van der Waals surface area (Å²) in [6.45, 7) is 0. The van der Waals surface area contributed by atoms with Gasteiger partial charge in [-0.05, 0) is 48.4 Å². The van der Waals surface area contributed by atoms with Crippen LogP contribution in [0.4, 0.5) is 15.3 Å². The maximum Gasteiger partial charge on any atom is 0.332 e. The Hall–Kier alpha value is -2.12. The number of nitrogens with one attached hydrogen (secondary N) is 1. The third-order valence-corrected chi connectivity index (χ3v) is 4.31. The van der Waals surface area contributed by atoms with Crippen molar-refractivity contribution in [3.05, 3.63) is 53.1 Å². The fourth-order valence-corrected chi connectivity index (χ4v) is 2.68. The molecular formula is C15H14ClFN2O3S. The molecule has 2 aromatic carbocycles. The first kappa shape index (κ1) is 17.2. The molecule has 0 aliphatic heterocycles. The highest BCUT2D eigenvalue weighted by atomic mass is 35.5. The molecule has 0 aromatic heterocycles. The Morgan fingerprint density at radius 1 is 1.17 bits per heavy atom. The second-order valence-electron chi connectivity index (χ2n) is 4.86. The lowest BCUT2D eigenvalue weighted by Gasteiger charge is -2.07. The van der Waals surface area contributed by atoms with Crippen molar-refractivity contribution >= 4 is 39.1 Å². The van der Waals surface area contributed by atoms with Gasteiger partial charge in [0.1, 0.15) is 0 Å².